The zero-order chi connectivity index (χ0) is 42.8. The van der Waals surface area contributed by atoms with E-state index < -0.39 is 0 Å². The van der Waals surface area contributed by atoms with Crippen LogP contribution in [0.3, 0.4) is 0 Å². The zero-order valence-corrected chi connectivity index (χ0v) is 35.7. The lowest BCUT2D eigenvalue weighted by molar-refractivity contribution is 0.661. The van der Waals surface area contributed by atoms with Crippen LogP contribution in [0.2, 0.25) is 0 Å². The Morgan fingerprint density at radius 3 is 1.67 bits per heavy atom. The predicted molar refractivity (Wildman–Crippen MR) is 269 cm³/mol. The third-order valence-corrected chi connectivity index (χ3v) is 13.2. The molecule has 1 aliphatic rings. The SMILES string of the molecule is CC1(C)c2cc(-c3cc(N(c4ccccc4)c4ccccc4)cc(N(c4ccc(-c5ccccc5)cc4)c4cccc5c4oc4ccccc45)c3)ccc2-c2c1ccc1ccccc21. The van der Waals surface area contributed by atoms with Crippen molar-refractivity contribution in [2.45, 2.75) is 19.3 Å². The first-order chi connectivity index (χ1) is 31.5. The van der Waals surface area contributed by atoms with E-state index >= 15 is 0 Å². The summed E-state index contributed by atoms with van der Waals surface area (Å²) in [6.45, 7) is 4.75. The lowest BCUT2D eigenvalue weighted by Gasteiger charge is -2.30. The molecule has 1 aliphatic carbocycles. The molecule has 0 saturated carbocycles. The first kappa shape index (κ1) is 37.6. The van der Waals surface area contributed by atoms with Crippen molar-refractivity contribution in [3.63, 3.8) is 0 Å². The normalized spacial score (nSPS) is 12.7. The van der Waals surface area contributed by atoms with Gasteiger partial charge in [-0.25, -0.2) is 0 Å². The Labute approximate surface area is 373 Å². The quantitative estimate of drug-likeness (QED) is 0.152. The van der Waals surface area contributed by atoms with Crippen LogP contribution in [0.1, 0.15) is 25.0 Å². The van der Waals surface area contributed by atoms with E-state index in [1.54, 1.807) is 0 Å². The number of hydrogen-bond acceptors (Lipinski definition) is 3. The Morgan fingerprint density at radius 1 is 0.359 bits per heavy atom. The standard InChI is InChI=1S/C61H44N2O/c1-61(2)55-36-32-43-19-12-13-24-51(43)59(55)54-35-31-44(39-56(54)61)45-37-49(62(46-20-8-4-9-21-46)47-22-10-5-11-23-47)40-50(38-45)63(48-33-29-42(30-34-48)41-17-6-3-7-18-41)57-27-16-26-53-52-25-14-15-28-58(52)64-60(53)57/h3-40H,1-2H3. The highest BCUT2D eigenvalue weighted by Crippen LogP contribution is 2.53. The van der Waals surface area contributed by atoms with Crippen LogP contribution in [0.25, 0.3) is 66.1 Å². The summed E-state index contributed by atoms with van der Waals surface area (Å²) in [6, 6.07) is 83.3. The minimum atomic E-state index is -0.186. The molecule has 0 fully saturated rings. The number of fused-ring (bicyclic) bond motifs is 8. The number of anilines is 6. The number of furan rings is 1. The first-order valence-corrected chi connectivity index (χ1v) is 22.1. The maximum absolute atomic E-state index is 6.81. The van der Waals surface area contributed by atoms with Crippen molar-refractivity contribution in [2.75, 3.05) is 9.80 Å². The molecule has 0 bridgehead atoms. The molecule has 0 aliphatic heterocycles. The molecule has 3 heteroatoms. The van der Waals surface area contributed by atoms with Crippen LogP contribution in [0.5, 0.6) is 0 Å². The smallest absolute Gasteiger partial charge is 0.159 e. The molecule has 12 rings (SSSR count). The molecule has 11 aromatic rings. The maximum Gasteiger partial charge on any atom is 0.159 e. The molecular formula is C61H44N2O. The van der Waals surface area contributed by atoms with Gasteiger partial charge in [-0.1, -0.05) is 172 Å². The fourth-order valence-electron chi connectivity index (χ4n) is 10.1. The van der Waals surface area contributed by atoms with Crippen LogP contribution in [0.4, 0.5) is 34.1 Å². The van der Waals surface area contributed by atoms with Crippen LogP contribution in [0.15, 0.2) is 235 Å². The summed E-state index contributed by atoms with van der Waals surface area (Å²) in [5, 5.41) is 4.75. The van der Waals surface area contributed by atoms with Gasteiger partial charge in [0.25, 0.3) is 0 Å². The lowest BCUT2D eigenvalue weighted by atomic mass is 9.81. The Bertz CT molecular complexity index is 3480. The molecule has 10 aromatic carbocycles. The predicted octanol–water partition coefficient (Wildman–Crippen LogP) is 17.3. The molecule has 0 amide bonds. The second kappa shape index (κ2) is 15.0. The summed E-state index contributed by atoms with van der Waals surface area (Å²) < 4.78 is 6.81. The molecule has 0 N–H and O–H groups in total. The van der Waals surface area contributed by atoms with Crippen LogP contribution in [-0.2, 0) is 5.41 Å². The molecule has 1 heterocycles. The van der Waals surface area contributed by atoms with Gasteiger partial charge in [0, 0.05) is 44.6 Å². The van der Waals surface area contributed by atoms with Gasteiger partial charge in [0.2, 0.25) is 0 Å². The van der Waals surface area contributed by atoms with Crippen molar-refractivity contribution in [1.82, 2.24) is 0 Å². The average molecular weight is 821 g/mol. The third-order valence-electron chi connectivity index (χ3n) is 13.2. The highest BCUT2D eigenvalue weighted by atomic mass is 16.3. The summed E-state index contributed by atoms with van der Waals surface area (Å²) >= 11 is 0. The second-order valence-corrected chi connectivity index (χ2v) is 17.3. The summed E-state index contributed by atoms with van der Waals surface area (Å²) in [5.41, 5.74) is 17.7. The van der Waals surface area contributed by atoms with Gasteiger partial charge in [-0.05, 0) is 128 Å². The largest absolute Gasteiger partial charge is 0.454 e. The van der Waals surface area contributed by atoms with Gasteiger partial charge in [-0.15, -0.1) is 0 Å². The van der Waals surface area contributed by atoms with Crippen molar-refractivity contribution in [3.8, 4) is 33.4 Å². The van der Waals surface area contributed by atoms with Crippen LogP contribution in [-0.4, -0.2) is 0 Å². The van der Waals surface area contributed by atoms with E-state index in [-0.39, 0.29) is 5.41 Å². The van der Waals surface area contributed by atoms with Crippen molar-refractivity contribution < 1.29 is 4.42 Å². The highest BCUT2D eigenvalue weighted by Gasteiger charge is 2.37. The fraction of sp³-hybridized carbons (Fsp3) is 0.0492. The van der Waals surface area contributed by atoms with Crippen molar-refractivity contribution in [3.05, 3.63) is 242 Å². The summed E-state index contributed by atoms with van der Waals surface area (Å²) in [4.78, 5) is 4.74. The number of benzene rings is 10. The number of hydrogen-bond donors (Lipinski definition) is 0. The zero-order valence-electron chi connectivity index (χ0n) is 35.7. The van der Waals surface area contributed by atoms with E-state index in [1.807, 2.05) is 6.07 Å². The molecule has 0 atom stereocenters. The molecule has 1 aromatic heterocycles. The van der Waals surface area contributed by atoms with Gasteiger partial charge in [0.15, 0.2) is 5.58 Å². The Morgan fingerprint density at radius 2 is 0.938 bits per heavy atom. The van der Waals surface area contributed by atoms with Gasteiger partial charge < -0.3 is 14.2 Å². The van der Waals surface area contributed by atoms with Gasteiger partial charge >= 0.3 is 0 Å². The van der Waals surface area contributed by atoms with E-state index in [9.17, 15) is 0 Å². The summed E-state index contributed by atoms with van der Waals surface area (Å²) in [7, 11) is 0. The minimum Gasteiger partial charge on any atom is -0.454 e. The maximum atomic E-state index is 6.81. The molecule has 304 valence electrons. The highest BCUT2D eigenvalue weighted by molar-refractivity contribution is 6.10. The van der Waals surface area contributed by atoms with E-state index in [2.05, 4.69) is 248 Å². The lowest BCUT2D eigenvalue weighted by Crippen LogP contribution is -2.15. The van der Waals surface area contributed by atoms with E-state index in [0.717, 1.165) is 72.8 Å². The number of para-hydroxylation sites is 4. The van der Waals surface area contributed by atoms with Gasteiger partial charge in [-0.2, -0.15) is 0 Å². The third kappa shape index (κ3) is 6.20. The second-order valence-electron chi connectivity index (χ2n) is 17.3. The van der Waals surface area contributed by atoms with Gasteiger partial charge in [0.05, 0.1) is 5.69 Å². The van der Waals surface area contributed by atoms with Crippen molar-refractivity contribution in [2.24, 2.45) is 0 Å². The molecule has 3 nitrogen and oxygen atoms in total. The fourth-order valence-corrected chi connectivity index (χ4v) is 10.1. The Kier molecular flexibility index (Phi) is 8.84. The molecule has 0 saturated heterocycles. The van der Waals surface area contributed by atoms with Crippen LogP contribution < -0.4 is 9.80 Å². The van der Waals surface area contributed by atoms with Crippen LogP contribution >= 0.6 is 0 Å². The minimum absolute atomic E-state index is 0.186. The topological polar surface area (TPSA) is 19.6 Å². The number of rotatable bonds is 8. The molecule has 0 radical (unpaired) electrons. The Balaban J connectivity index is 1.12. The van der Waals surface area contributed by atoms with E-state index in [4.69, 9.17) is 4.42 Å². The van der Waals surface area contributed by atoms with Gasteiger partial charge in [0.1, 0.15) is 5.58 Å². The van der Waals surface area contributed by atoms with Gasteiger partial charge in [-0.3, -0.25) is 0 Å². The average Bonchev–Trinajstić information content (AvgIpc) is 3.85. The summed E-state index contributed by atoms with van der Waals surface area (Å²) in [6.07, 6.45) is 0. The van der Waals surface area contributed by atoms with Crippen molar-refractivity contribution >= 4 is 66.8 Å². The first-order valence-electron chi connectivity index (χ1n) is 22.1. The van der Waals surface area contributed by atoms with Crippen molar-refractivity contribution in [1.29, 1.82) is 0 Å². The molecule has 0 unspecified atom stereocenters. The summed E-state index contributed by atoms with van der Waals surface area (Å²) in [5.74, 6) is 0. The molecule has 0 spiro atoms. The van der Waals surface area contributed by atoms with E-state index in [1.165, 1.54) is 38.6 Å². The molecular weight excluding hydrogens is 777 g/mol. The van der Waals surface area contributed by atoms with E-state index in [0.29, 0.717) is 0 Å². The number of nitrogens with zero attached hydrogens (tertiary/aromatic N) is 2. The Hall–Kier alpha value is -8.14. The molecule has 64 heavy (non-hydrogen) atoms. The van der Waals surface area contributed by atoms with Crippen LogP contribution in [0, 0.1) is 0 Å². The monoisotopic (exact) mass is 820 g/mol.